The van der Waals surface area contributed by atoms with Gasteiger partial charge in [-0.25, -0.2) is 9.97 Å². The summed E-state index contributed by atoms with van der Waals surface area (Å²) < 4.78 is 1.41. The van der Waals surface area contributed by atoms with Crippen LogP contribution in [0.25, 0.3) is 16.2 Å². The lowest BCUT2D eigenvalue weighted by atomic mass is 9.93. The molecule has 0 saturated carbocycles. The van der Waals surface area contributed by atoms with Crippen molar-refractivity contribution in [2.24, 2.45) is 5.73 Å². The molecule has 4 rings (SSSR count). The summed E-state index contributed by atoms with van der Waals surface area (Å²) >= 11 is 1.41. The summed E-state index contributed by atoms with van der Waals surface area (Å²) in [5, 5.41) is 12.8. The molecule has 1 atom stereocenters. The third kappa shape index (κ3) is 3.70. The number of nitrogens with two attached hydrogens (primary N) is 1. The fourth-order valence-electron chi connectivity index (χ4n) is 3.58. The third-order valence-electron chi connectivity index (χ3n) is 5.28. The number of fused-ring (bicyclic) bond motifs is 1. The SMILES string of the molecule is CC(C)(C)c1csc(-c2c(N3CCC[C@H](O)C3)nc3cc(C(N)=O)ccn3c2=O)n1. The van der Waals surface area contributed by atoms with Crippen molar-refractivity contribution in [3.8, 4) is 10.6 Å². The molecule has 1 amide bonds. The Morgan fingerprint density at radius 1 is 1.33 bits per heavy atom. The molecule has 0 aromatic carbocycles. The molecule has 8 nitrogen and oxygen atoms in total. The van der Waals surface area contributed by atoms with Crippen molar-refractivity contribution in [3.05, 3.63) is 45.3 Å². The average Bonchev–Trinajstić information content (AvgIpc) is 3.17. The lowest BCUT2D eigenvalue weighted by Crippen LogP contribution is -2.40. The average molecular weight is 428 g/mol. The maximum atomic E-state index is 13.5. The van der Waals surface area contributed by atoms with Crippen LogP contribution in [0.1, 0.15) is 49.7 Å². The van der Waals surface area contributed by atoms with Crippen molar-refractivity contribution in [2.45, 2.75) is 45.1 Å². The Labute approximate surface area is 178 Å². The summed E-state index contributed by atoms with van der Waals surface area (Å²) in [4.78, 5) is 36.5. The zero-order chi connectivity index (χ0) is 21.6. The highest BCUT2D eigenvalue weighted by Gasteiger charge is 2.27. The van der Waals surface area contributed by atoms with Crippen molar-refractivity contribution in [3.63, 3.8) is 0 Å². The highest BCUT2D eigenvalue weighted by Crippen LogP contribution is 2.33. The Morgan fingerprint density at radius 2 is 2.10 bits per heavy atom. The Bertz CT molecular complexity index is 1180. The number of hydrogen-bond acceptors (Lipinski definition) is 7. The summed E-state index contributed by atoms with van der Waals surface area (Å²) in [5.41, 5.74) is 6.92. The third-order valence-corrected chi connectivity index (χ3v) is 6.14. The van der Waals surface area contributed by atoms with Gasteiger partial charge < -0.3 is 15.7 Å². The standard InChI is InChI=1S/C21H25N5O3S/c1-21(2,3)14-11-30-19(23-14)16-18(25-7-4-5-13(27)10-25)24-15-9-12(17(22)28)6-8-26(15)20(16)29/h6,8-9,11,13,27H,4-5,7,10H2,1-3H3,(H2,22,28)/t13-/m0/s1. The van der Waals surface area contributed by atoms with Crippen LogP contribution in [0.15, 0.2) is 28.5 Å². The van der Waals surface area contributed by atoms with E-state index >= 15 is 0 Å². The van der Waals surface area contributed by atoms with Crippen LogP contribution in [0.3, 0.4) is 0 Å². The number of aliphatic hydroxyl groups excluding tert-OH is 1. The van der Waals surface area contributed by atoms with E-state index in [0.29, 0.717) is 35.1 Å². The second kappa shape index (κ2) is 7.48. The lowest BCUT2D eigenvalue weighted by Gasteiger charge is -2.32. The number of thiazole rings is 1. The van der Waals surface area contributed by atoms with Crippen LogP contribution in [0.2, 0.25) is 0 Å². The summed E-state index contributed by atoms with van der Waals surface area (Å²) in [7, 11) is 0. The van der Waals surface area contributed by atoms with Crippen LogP contribution in [0.5, 0.6) is 0 Å². The van der Waals surface area contributed by atoms with Crippen LogP contribution < -0.4 is 16.2 Å². The number of rotatable bonds is 3. The van der Waals surface area contributed by atoms with Gasteiger partial charge in [-0.2, -0.15) is 0 Å². The summed E-state index contributed by atoms with van der Waals surface area (Å²) in [5.74, 6) is -0.101. The quantitative estimate of drug-likeness (QED) is 0.662. The first-order chi connectivity index (χ1) is 14.1. The van der Waals surface area contributed by atoms with Gasteiger partial charge in [0, 0.05) is 35.6 Å². The molecule has 0 unspecified atom stereocenters. The smallest absolute Gasteiger partial charge is 0.270 e. The molecule has 1 fully saturated rings. The maximum absolute atomic E-state index is 13.5. The van der Waals surface area contributed by atoms with E-state index in [-0.39, 0.29) is 16.5 Å². The van der Waals surface area contributed by atoms with Crippen LogP contribution >= 0.6 is 11.3 Å². The molecule has 9 heteroatoms. The molecule has 0 aliphatic carbocycles. The van der Waals surface area contributed by atoms with Gasteiger partial charge in [-0.3, -0.25) is 14.0 Å². The van der Waals surface area contributed by atoms with E-state index in [1.807, 2.05) is 10.3 Å². The number of carbonyl (C=O) groups is 1. The number of piperidine rings is 1. The highest BCUT2D eigenvalue weighted by atomic mass is 32.1. The summed E-state index contributed by atoms with van der Waals surface area (Å²) in [6.45, 7) is 7.29. The van der Waals surface area contributed by atoms with Crippen LogP contribution in [-0.4, -0.2) is 44.6 Å². The number of hydrogen-bond donors (Lipinski definition) is 2. The van der Waals surface area contributed by atoms with Crippen molar-refractivity contribution in [1.82, 2.24) is 14.4 Å². The molecular weight excluding hydrogens is 402 g/mol. The monoisotopic (exact) mass is 427 g/mol. The van der Waals surface area contributed by atoms with Gasteiger partial charge in [0.15, 0.2) is 0 Å². The molecule has 30 heavy (non-hydrogen) atoms. The molecule has 3 aromatic rings. The van der Waals surface area contributed by atoms with Crippen LogP contribution in [-0.2, 0) is 5.41 Å². The van der Waals surface area contributed by atoms with Gasteiger partial charge in [-0.1, -0.05) is 20.8 Å². The minimum atomic E-state index is -0.583. The first-order valence-electron chi connectivity index (χ1n) is 9.91. The second-order valence-corrected chi connectivity index (χ2v) is 9.51. The number of nitrogens with zero attached hydrogens (tertiary/aromatic N) is 4. The molecule has 1 aliphatic heterocycles. The predicted octanol–water partition coefficient (Wildman–Crippen LogP) is 2.18. The van der Waals surface area contributed by atoms with E-state index in [0.717, 1.165) is 18.5 Å². The van der Waals surface area contributed by atoms with Crippen molar-refractivity contribution in [1.29, 1.82) is 0 Å². The molecule has 1 saturated heterocycles. The fraction of sp³-hybridized carbons (Fsp3) is 0.429. The van der Waals surface area contributed by atoms with E-state index in [2.05, 4.69) is 20.8 Å². The molecule has 158 valence electrons. The van der Waals surface area contributed by atoms with Gasteiger partial charge in [-0.15, -0.1) is 11.3 Å². The number of aromatic nitrogens is 3. The molecule has 4 heterocycles. The first kappa shape index (κ1) is 20.5. The molecule has 0 radical (unpaired) electrons. The van der Waals surface area contributed by atoms with E-state index in [4.69, 9.17) is 15.7 Å². The van der Waals surface area contributed by atoms with Gasteiger partial charge >= 0.3 is 0 Å². The van der Waals surface area contributed by atoms with Gasteiger partial charge in [0.05, 0.1) is 11.8 Å². The molecule has 0 spiro atoms. The molecule has 3 N–H and O–H groups in total. The molecule has 0 bridgehead atoms. The second-order valence-electron chi connectivity index (χ2n) is 8.65. The number of aliphatic hydroxyl groups is 1. The largest absolute Gasteiger partial charge is 0.391 e. The van der Waals surface area contributed by atoms with Crippen LogP contribution in [0.4, 0.5) is 5.82 Å². The van der Waals surface area contributed by atoms with Crippen LogP contribution in [0, 0.1) is 0 Å². The fourth-order valence-corrected chi connectivity index (χ4v) is 4.65. The van der Waals surface area contributed by atoms with Gasteiger partial charge in [0.2, 0.25) is 5.91 Å². The van der Waals surface area contributed by atoms with Gasteiger partial charge in [0.25, 0.3) is 5.56 Å². The molecular formula is C21H25N5O3S. The number of primary amides is 1. The van der Waals surface area contributed by atoms with E-state index < -0.39 is 12.0 Å². The highest BCUT2D eigenvalue weighted by molar-refractivity contribution is 7.13. The number of pyridine rings is 1. The minimum absolute atomic E-state index is 0.146. The van der Waals surface area contributed by atoms with E-state index in [9.17, 15) is 14.7 Å². The number of carbonyl (C=O) groups excluding carboxylic acids is 1. The summed E-state index contributed by atoms with van der Waals surface area (Å²) in [6.07, 6.45) is 2.55. The molecule has 3 aromatic heterocycles. The first-order valence-corrected chi connectivity index (χ1v) is 10.8. The Hall–Kier alpha value is -2.78. The minimum Gasteiger partial charge on any atom is -0.391 e. The molecule has 1 aliphatic rings. The van der Waals surface area contributed by atoms with Crippen molar-refractivity contribution in [2.75, 3.05) is 18.0 Å². The number of anilines is 1. The number of amides is 1. The predicted molar refractivity (Wildman–Crippen MR) is 117 cm³/mol. The topological polar surface area (TPSA) is 114 Å². The van der Waals surface area contributed by atoms with Gasteiger partial charge in [0.1, 0.15) is 22.0 Å². The lowest BCUT2D eigenvalue weighted by molar-refractivity contribution is 0.1000. The van der Waals surface area contributed by atoms with Gasteiger partial charge in [-0.05, 0) is 25.0 Å². The Balaban J connectivity index is 1.96. The zero-order valence-electron chi connectivity index (χ0n) is 17.3. The Kier molecular flexibility index (Phi) is 5.11. The van der Waals surface area contributed by atoms with Crippen molar-refractivity contribution < 1.29 is 9.90 Å². The van der Waals surface area contributed by atoms with E-state index in [1.165, 1.54) is 34.1 Å². The Morgan fingerprint density at radius 3 is 2.73 bits per heavy atom. The van der Waals surface area contributed by atoms with Crippen molar-refractivity contribution >= 4 is 28.7 Å². The summed E-state index contributed by atoms with van der Waals surface area (Å²) in [6, 6.07) is 3.02. The van der Waals surface area contributed by atoms with E-state index in [1.54, 1.807) is 0 Å². The maximum Gasteiger partial charge on any atom is 0.270 e. The normalized spacial score (nSPS) is 17.5. The zero-order valence-corrected chi connectivity index (χ0v) is 18.1. The number of β-amino-alcohol motifs (C(OH)–C–C–N with tert-alkyl or cyclic N) is 1.